The minimum absolute atomic E-state index is 0.102. The van der Waals surface area contributed by atoms with Crippen LogP contribution in [0.3, 0.4) is 0 Å². The molecule has 100 valence electrons. The second kappa shape index (κ2) is 8.53. The lowest BCUT2D eigenvalue weighted by Gasteiger charge is -2.14. The van der Waals surface area contributed by atoms with E-state index >= 15 is 0 Å². The van der Waals surface area contributed by atoms with Gasteiger partial charge in [0.1, 0.15) is 5.75 Å². The van der Waals surface area contributed by atoms with Crippen molar-refractivity contribution in [1.82, 2.24) is 5.32 Å². The van der Waals surface area contributed by atoms with Gasteiger partial charge in [0.25, 0.3) is 5.91 Å². The van der Waals surface area contributed by atoms with Crippen molar-refractivity contribution < 1.29 is 14.3 Å². The Bertz CT molecular complexity index is 340. The number of carbonyl (C=O) groups excluding carboxylic acids is 1. The molecule has 1 N–H and O–H groups in total. The van der Waals surface area contributed by atoms with Gasteiger partial charge in [0.05, 0.1) is 0 Å². The van der Waals surface area contributed by atoms with Gasteiger partial charge in [-0.05, 0) is 32.4 Å². The summed E-state index contributed by atoms with van der Waals surface area (Å²) in [5.74, 6) is 0.602. The monoisotopic (exact) mass is 251 g/mol. The molecular weight excluding hydrogens is 230 g/mol. The Morgan fingerprint density at radius 1 is 1.33 bits per heavy atom. The van der Waals surface area contributed by atoms with E-state index in [0.717, 1.165) is 6.42 Å². The van der Waals surface area contributed by atoms with Gasteiger partial charge in [0.15, 0.2) is 6.10 Å². The zero-order valence-electron chi connectivity index (χ0n) is 11.0. The molecule has 0 aliphatic heterocycles. The van der Waals surface area contributed by atoms with Crippen LogP contribution in [0.1, 0.15) is 20.3 Å². The Kier molecular flexibility index (Phi) is 6.87. The minimum atomic E-state index is -0.487. The van der Waals surface area contributed by atoms with E-state index < -0.39 is 6.10 Å². The third-order valence-electron chi connectivity index (χ3n) is 2.39. The molecule has 1 atom stereocenters. The topological polar surface area (TPSA) is 47.6 Å². The third-order valence-corrected chi connectivity index (χ3v) is 2.39. The van der Waals surface area contributed by atoms with Crippen LogP contribution in [0.5, 0.6) is 5.75 Å². The van der Waals surface area contributed by atoms with Gasteiger partial charge in [-0.1, -0.05) is 18.2 Å². The number of carbonyl (C=O) groups is 1. The molecule has 4 nitrogen and oxygen atoms in total. The smallest absolute Gasteiger partial charge is 0.260 e. The quantitative estimate of drug-likeness (QED) is 0.719. The molecule has 0 spiro atoms. The van der Waals surface area contributed by atoms with Crippen LogP contribution in [0.25, 0.3) is 0 Å². The van der Waals surface area contributed by atoms with Crippen LogP contribution in [-0.2, 0) is 9.53 Å². The Labute approximate surface area is 108 Å². The zero-order valence-corrected chi connectivity index (χ0v) is 11.0. The summed E-state index contributed by atoms with van der Waals surface area (Å²) >= 11 is 0. The molecule has 0 radical (unpaired) electrons. The van der Waals surface area contributed by atoms with Crippen molar-refractivity contribution in [2.24, 2.45) is 0 Å². The van der Waals surface area contributed by atoms with Gasteiger partial charge in [-0.2, -0.15) is 0 Å². The summed E-state index contributed by atoms with van der Waals surface area (Å²) in [6, 6.07) is 9.33. The Balaban J connectivity index is 2.21. The van der Waals surface area contributed by atoms with E-state index in [4.69, 9.17) is 9.47 Å². The lowest BCUT2D eigenvalue weighted by Crippen LogP contribution is -2.37. The summed E-state index contributed by atoms with van der Waals surface area (Å²) in [5.41, 5.74) is 0. The van der Waals surface area contributed by atoms with Gasteiger partial charge in [-0.25, -0.2) is 0 Å². The maximum Gasteiger partial charge on any atom is 0.260 e. The Morgan fingerprint density at radius 2 is 2.06 bits per heavy atom. The fourth-order valence-electron chi connectivity index (χ4n) is 1.43. The summed E-state index contributed by atoms with van der Waals surface area (Å²) in [5, 5.41) is 2.82. The standard InChI is InChI=1S/C14H21NO3/c1-3-17-11-7-10-15-14(16)12(2)18-13-8-5-4-6-9-13/h4-6,8-9,12H,3,7,10-11H2,1-2H3,(H,15,16)/t12-/m1/s1. The van der Waals surface area contributed by atoms with Gasteiger partial charge in [-0.15, -0.1) is 0 Å². The number of nitrogens with one attached hydrogen (secondary N) is 1. The van der Waals surface area contributed by atoms with Crippen molar-refractivity contribution in [2.75, 3.05) is 19.8 Å². The van der Waals surface area contributed by atoms with Gasteiger partial charge in [-0.3, -0.25) is 4.79 Å². The highest BCUT2D eigenvalue weighted by Crippen LogP contribution is 2.10. The van der Waals surface area contributed by atoms with Crippen molar-refractivity contribution in [3.05, 3.63) is 30.3 Å². The first-order valence-corrected chi connectivity index (χ1v) is 6.31. The zero-order chi connectivity index (χ0) is 13.2. The van der Waals surface area contributed by atoms with Gasteiger partial charge in [0.2, 0.25) is 0 Å². The molecule has 0 unspecified atom stereocenters. The predicted molar refractivity (Wildman–Crippen MR) is 70.7 cm³/mol. The maximum atomic E-state index is 11.7. The van der Waals surface area contributed by atoms with Crippen LogP contribution in [-0.4, -0.2) is 31.8 Å². The summed E-state index contributed by atoms with van der Waals surface area (Å²) in [6.45, 7) is 5.69. The van der Waals surface area contributed by atoms with Crippen LogP contribution in [0.15, 0.2) is 30.3 Å². The molecule has 0 heterocycles. The number of para-hydroxylation sites is 1. The average molecular weight is 251 g/mol. The van der Waals surface area contributed by atoms with E-state index in [-0.39, 0.29) is 5.91 Å². The molecule has 0 bridgehead atoms. The highest BCUT2D eigenvalue weighted by Gasteiger charge is 2.13. The third kappa shape index (κ3) is 5.68. The maximum absolute atomic E-state index is 11.7. The molecule has 0 aromatic heterocycles. The van der Waals surface area contributed by atoms with Crippen molar-refractivity contribution in [1.29, 1.82) is 0 Å². The molecule has 0 aliphatic rings. The molecule has 1 rings (SSSR count). The highest BCUT2D eigenvalue weighted by molar-refractivity contribution is 5.80. The van der Waals surface area contributed by atoms with Crippen LogP contribution < -0.4 is 10.1 Å². The van der Waals surface area contributed by atoms with E-state index in [2.05, 4.69) is 5.32 Å². The number of rotatable bonds is 8. The Hall–Kier alpha value is -1.55. The summed E-state index contributed by atoms with van der Waals surface area (Å²) in [6.07, 6.45) is 0.331. The summed E-state index contributed by atoms with van der Waals surface area (Å²) in [4.78, 5) is 11.7. The van der Waals surface area contributed by atoms with E-state index in [9.17, 15) is 4.79 Å². The highest BCUT2D eigenvalue weighted by atomic mass is 16.5. The molecule has 1 aromatic carbocycles. The molecule has 18 heavy (non-hydrogen) atoms. The fourth-order valence-corrected chi connectivity index (χ4v) is 1.43. The van der Waals surface area contributed by atoms with Gasteiger partial charge in [0, 0.05) is 19.8 Å². The summed E-state index contributed by atoms with van der Waals surface area (Å²) in [7, 11) is 0. The largest absolute Gasteiger partial charge is 0.481 e. The number of benzene rings is 1. The van der Waals surface area contributed by atoms with Crippen LogP contribution >= 0.6 is 0 Å². The fraction of sp³-hybridized carbons (Fsp3) is 0.500. The number of amides is 1. The van der Waals surface area contributed by atoms with Crippen molar-refractivity contribution in [2.45, 2.75) is 26.4 Å². The van der Waals surface area contributed by atoms with Gasteiger partial charge < -0.3 is 14.8 Å². The summed E-state index contributed by atoms with van der Waals surface area (Å²) < 4.78 is 10.7. The molecule has 0 saturated heterocycles. The molecule has 1 amide bonds. The van der Waals surface area contributed by atoms with Crippen molar-refractivity contribution in [3.63, 3.8) is 0 Å². The second-order valence-electron chi connectivity index (χ2n) is 3.91. The van der Waals surface area contributed by atoms with Gasteiger partial charge >= 0.3 is 0 Å². The average Bonchev–Trinajstić information content (AvgIpc) is 2.39. The predicted octanol–water partition coefficient (Wildman–Crippen LogP) is 2.00. The van der Waals surface area contributed by atoms with Crippen LogP contribution in [0.2, 0.25) is 0 Å². The van der Waals surface area contributed by atoms with E-state index in [1.165, 1.54) is 0 Å². The second-order valence-corrected chi connectivity index (χ2v) is 3.91. The molecule has 0 saturated carbocycles. The van der Waals surface area contributed by atoms with Crippen molar-refractivity contribution >= 4 is 5.91 Å². The molecule has 4 heteroatoms. The van der Waals surface area contributed by atoms with Crippen LogP contribution in [0.4, 0.5) is 0 Å². The SMILES string of the molecule is CCOCCCNC(=O)[C@@H](C)Oc1ccccc1. The lowest BCUT2D eigenvalue weighted by molar-refractivity contribution is -0.127. The van der Waals surface area contributed by atoms with E-state index in [1.807, 2.05) is 37.3 Å². The number of ether oxygens (including phenoxy) is 2. The Morgan fingerprint density at radius 3 is 2.72 bits per heavy atom. The van der Waals surface area contributed by atoms with Crippen molar-refractivity contribution in [3.8, 4) is 5.75 Å². The molecule has 0 aliphatic carbocycles. The number of hydrogen-bond acceptors (Lipinski definition) is 3. The first kappa shape index (κ1) is 14.5. The lowest BCUT2D eigenvalue weighted by atomic mass is 10.3. The molecule has 1 aromatic rings. The van der Waals surface area contributed by atoms with E-state index in [0.29, 0.717) is 25.5 Å². The molecular formula is C14H21NO3. The molecule has 0 fully saturated rings. The first-order valence-electron chi connectivity index (χ1n) is 6.31. The van der Waals surface area contributed by atoms with E-state index in [1.54, 1.807) is 6.92 Å². The normalized spacial score (nSPS) is 11.9. The first-order chi connectivity index (χ1) is 8.74. The minimum Gasteiger partial charge on any atom is -0.481 e. The van der Waals surface area contributed by atoms with Crippen LogP contribution in [0, 0.1) is 0 Å². The number of hydrogen-bond donors (Lipinski definition) is 1.